The highest BCUT2D eigenvalue weighted by atomic mass is 79.9. The number of benzene rings is 1. The van der Waals surface area contributed by atoms with Gasteiger partial charge in [0.15, 0.2) is 11.0 Å². The molecule has 0 unspecified atom stereocenters. The summed E-state index contributed by atoms with van der Waals surface area (Å²) in [7, 11) is 0. The Balaban J connectivity index is 2.35. The molecule has 1 heterocycles. The van der Waals surface area contributed by atoms with Crippen LogP contribution in [-0.2, 0) is 0 Å². The van der Waals surface area contributed by atoms with E-state index in [-0.39, 0.29) is 21.1 Å². The summed E-state index contributed by atoms with van der Waals surface area (Å²) in [5, 5.41) is 2.77. The van der Waals surface area contributed by atoms with Crippen molar-refractivity contribution in [2.24, 2.45) is 0 Å². The molecule has 1 N–H and O–H groups in total. The smallest absolute Gasteiger partial charge is 0.187 e. The maximum atomic E-state index is 13.3. The first kappa shape index (κ1) is 11.7. The van der Waals surface area contributed by atoms with Crippen LogP contribution >= 0.6 is 39.3 Å². The summed E-state index contributed by atoms with van der Waals surface area (Å²) < 4.78 is 34.0. The van der Waals surface area contributed by atoms with Crippen LogP contribution < -0.4 is 5.32 Å². The fourth-order valence-electron chi connectivity index (χ4n) is 0.998. The molecule has 0 aliphatic carbocycles. The molecule has 2 aromatic rings. The van der Waals surface area contributed by atoms with Crippen LogP contribution in [0.15, 0.2) is 16.6 Å². The second-order valence-corrected chi connectivity index (χ2v) is 4.52. The van der Waals surface area contributed by atoms with Crippen LogP contribution in [0.4, 0.5) is 20.3 Å². The fraction of sp³-hybridized carbons (Fsp3) is 0. The number of halogens is 4. The van der Waals surface area contributed by atoms with Crippen molar-refractivity contribution in [3.8, 4) is 0 Å². The van der Waals surface area contributed by atoms with Gasteiger partial charge in [0.2, 0.25) is 0 Å². The molecule has 0 fully saturated rings. The second-order valence-electron chi connectivity index (χ2n) is 2.77. The molecular formula is C8H3BrClF2N3S. The van der Waals surface area contributed by atoms with Crippen LogP contribution in [0.2, 0.25) is 5.15 Å². The molecule has 8 heteroatoms. The summed E-state index contributed by atoms with van der Waals surface area (Å²) in [5.74, 6) is -1.17. The number of nitrogens with one attached hydrogen (secondary N) is 1. The van der Waals surface area contributed by atoms with E-state index in [0.29, 0.717) is 0 Å². The van der Waals surface area contributed by atoms with Crippen molar-refractivity contribution in [2.75, 3.05) is 5.32 Å². The molecule has 0 spiro atoms. The number of nitrogens with zero attached hydrogens (tertiary/aromatic N) is 2. The molecule has 0 saturated heterocycles. The van der Waals surface area contributed by atoms with E-state index in [9.17, 15) is 8.78 Å². The van der Waals surface area contributed by atoms with E-state index >= 15 is 0 Å². The van der Waals surface area contributed by atoms with E-state index in [1.807, 2.05) is 0 Å². The summed E-state index contributed by atoms with van der Waals surface area (Å²) >= 11 is 9.53. The van der Waals surface area contributed by atoms with Crippen molar-refractivity contribution >= 4 is 50.8 Å². The first-order valence-electron chi connectivity index (χ1n) is 3.97. The van der Waals surface area contributed by atoms with Gasteiger partial charge in [-0.05, 0) is 22.0 Å². The zero-order chi connectivity index (χ0) is 11.7. The molecule has 1 aromatic heterocycles. The van der Waals surface area contributed by atoms with Crippen LogP contribution in [0.1, 0.15) is 0 Å². The second kappa shape index (κ2) is 4.60. The van der Waals surface area contributed by atoms with Crippen LogP contribution in [0.5, 0.6) is 0 Å². The Labute approximate surface area is 107 Å². The summed E-state index contributed by atoms with van der Waals surface area (Å²) in [4.78, 5) is 0. The van der Waals surface area contributed by atoms with E-state index in [1.165, 1.54) is 6.07 Å². The van der Waals surface area contributed by atoms with Crippen LogP contribution in [0.25, 0.3) is 0 Å². The minimum Gasteiger partial charge on any atom is -0.334 e. The Kier molecular flexibility index (Phi) is 3.36. The van der Waals surface area contributed by atoms with Gasteiger partial charge in [0.05, 0.1) is 21.9 Å². The van der Waals surface area contributed by atoms with Gasteiger partial charge in [-0.1, -0.05) is 11.6 Å². The third kappa shape index (κ3) is 2.31. The normalized spacial score (nSPS) is 10.5. The zero-order valence-electron chi connectivity index (χ0n) is 7.47. The van der Waals surface area contributed by atoms with Gasteiger partial charge < -0.3 is 5.32 Å². The third-order valence-corrected chi connectivity index (χ3v) is 3.21. The lowest BCUT2D eigenvalue weighted by Gasteiger charge is -2.05. The van der Waals surface area contributed by atoms with Crippen molar-refractivity contribution in [1.29, 1.82) is 0 Å². The third-order valence-electron chi connectivity index (χ3n) is 1.71. The van der Waals surface area contributed by atoms with Crippen molar-refractivity contribution in [3.05, 3.63) is 33.4 Å². The average molecular weight is 327 g/mol. The average Bonchev–Trinajstić information content (AvgIpc) is 2.61. The summed E-state index contributed by atoms with van der Waals surface area (Å²) in [5.41, 5.74) is 0.0721. The lowest BCUT2D eigenvalue weighted by atomic mass is 10.3. The minimum absolute atomic E-state index is 0.0721. The molecule has 0 aliphatic rings. The van der Waals surface area contributed by atoms with Crippen molar-refractivity contribution < 1.29 is 8.78 Å². The molecular weight excluding hydrogens is 324 g/mol. The highest BCUT2D eigenvalue weighted by molar-refractivity contribution is 9.10. The SMILES string of the molecule is Fc1cc(F)c(Nc2nsnc2Cl)cc1Br. The Hall–Kier alpha value is -0.790. The number of anilines is 2. The minimum atomic E-state index is -0.732. The molecule has 16 heavy (non-hydrogen) atoms. The Morgan fingerprint density at radius 1 is 1.25 bits per heavy atom. The fourth-order valence-corrected chi connectivity index (χ4v) is 1.99. The Morgan fingerprint density at radius 2 is 2.00 bits per heavy atom. The van der Waals surface area contributed by atoms with Gasteiger partial charge in [-0.2, -0.15) is 8.75 Å². The molecule has 0 radical (unpaired) electrons. The van der Waals surface area contributed by atoms with Gasteiger partial charge >= 0.3 is 0 Å². The van der Waals surface area contributed by atoms with Crippen LogP contribution in [0, 0.1) is 11.6 Å². The van der Waals surface area contributed by atoms with Gasteiger partial charge in [0.1, 0.15) is 11.6 Å². The van der Waals surface area contributed by atoms with Gasteiger partial charge in [-0.15, -0.1) is 0 Å². The highest BCUT2D eigenvalue weighted by Gasteiger charge is 2.11. The molecule has 0 amide bonds. The Bertz CT molecular complexity index is 534. The largest absolute Gasteiger partial charge is 0.334 e. The van der Waals surface area contributed by atoms with Crippen LogP contribution in [-0.4, -0.2) is 8.75 Å². The molecule has 0 saturated carbocycles. The first-order chi connectivity index (χ1) is 7.58. The van der Waals surface area contributed by atoms with E-state index in [0.717, 1.165) is 17.8 Å². The van der Waals surface area contributed by atoms with Gasteiger partial charge in [-0.25, -0.2) is 8.78 Å². The summed E-state index contributed by atoms with van der Waals surface area (Å²) in [6.45, 7) is 0. The quantitative estimate of drug-likeness (QED) is 0.848. The number of hydrogen-bond donors (Lipinski definition) is 1. The Morgan fingerprint density at radius 3 is 2.62 bits per heavy atom. The number of hydrogen-bond acceptors (Lipinski definition) is 4. The molecule has 1 aromatic carbocycles. The predicted molar refractivity (Wildman–Crippen MR) is 62.3 cm³/mol. The maximum Gasteiger partial charge on any atom is 0.187 e. The maximum absolute atomic E-state index is 13.3. The van der Waals surface area contributed by atoms with E-state index < -0.39 is 11.6 Å². The molecule has 3 nitrogen and oxygen atoms in total. The van der Waals surface area contributed by atoms with Crippen molar-refractivity contribution in [3.63, 3.8) is 0 Å². The number of rotatable bonds is 2. The lowest BCUT2D eigenvalue weighted by molar-refractivity contribution is 0.581. The highest BCUT2D eigenvalue weighted by Crippen LogP contribution is 2.28. The van der Waals surface area contributed by atoms with E-state index in [4.69, 9.17) is 11.6 Å². The molecule has 0 aliphatic heterocycles. The van der Waals surface area contributed by atoms with E-state index in [2.05, 4.69) is 30.0 Å². The van der Waals surface area contributed by atoms with Gasteiger partial charge in [-0.3, -0.25) is 0 Å². The predicted octanol–water partition coefficient (Wildman–Crippen LogP) is 3.98. The first-order valence-corrected chi connectivity index (χ1v) is 5.87. The number of aromatic nitrogens is 2. The standard InChI is InChI=1S/C8H3BrClF2N3S/c9-3-1-6(5(12)2-4(3)11)13-8-7(10)14-16-15-8/h1-2H,(H,13,15). The summed E-state index contributed by atoms with van der Waals surface area (Å²) in [6.07, 6.45) is 0. The van der Waals surface area contributed by atoms with Crippen LogP contribution in [0.3, 0.4) is 0 Å². The molecule has 84 valence electrons. The summed E-state index contributed by atoms with van der Waals surface area (Å²) in [6, 6.07) is 2.03. The molecule has 0 bridgehead atoms. The van der Waals surface area contributed by atoms with Gasteiger partial charge in [0, 0.05) is 6.07 Å². The lowest BCUT2D eigenvalue weighted by Crippen LogP contribution is -1.96. The van der Waals surface area contributed by atoms with Gasteiger partial charge in [0.25, 0.3) is 0 Å². The topological polar surface area (TPSA) is 37.8 Å². The molecule has 2 rings (SSSR count). The molecule has 0 atom stereocenters. The van der Waals surface area contributed by atoms with E-state index in [1.54, 1.807) is 0 Å². The van der Waals surface area contributed by atoms with Crippen molar-refractivity contribution in [2.45, 2.75) is 0 Å². The van der Waals surface area contributed by atoms with Crippen molar-refractivity contribution in [1.82, 2.24) is 8.75 Å². The zero-order valence-corrected chi connectivity index (χ0v) is 10.6. The monoisotopic (exact) mass is 325 g/mol.